The van der Waals surface area contributed by atoms with Crippen LogP contribution in [-0.4, -0.2) is 18.6 Å². The largest absolute Gasteiger partial charge is 0.494 e. The quantitative estimate of drug-likeness (QED) is 0.586. The second kappa shape index (κ2) is 8.83. The molecule has 2 atom stereocenters. The van der Waals surface area contributed by atoms with Crippen molar-refractivity contribution >= 4 is 11.6 Å². The van der Waals surface area contributed by atoms with E-state index in [1.807, 2.05) is 62.1 Å². The number of carbonyl (C=O) groups excluding carboxylic acids is 1. The molecule has 0 saturated heterocycles. The van der Waals surface area contributed by atoms with Gasteiger partial charge in [-0.15, -0.1) is 0 Å². The zero-order valence-corrected chi connectivity index (χ0v) is 17.4. The number of nitriles is 1. The average molecular weight is 389 g/mol. The van der Waals surface area contributed by atoms with Gasteiger partial charge >= 0.3 is 0 Å². The molecule has 0 spiro atoms. The van der Waals surface area contributed by atoms with Crippen LogP contribution in [0.25, 0.3) is 0 Å². The van der Waals surface area contributed by atoms with Crippen LogP contribution in [0.2, 0.25) is 0 Å². The van der Waals surface area contributed by atoms with Crippen molar-refractivity contribution in [3.05, 3.63) is 70.9 Å². The minimum atomic E-state index is -0.388. The molecule has 2 aromatic carbocycles. The van der Waals surface area contributed by atoms with Crippen molar-refractivity contribution in [3.8, 4) is 11.8 Å². The molecule has 150 valence electrons. The second-order valence-corrected chi connectivity index (χ2v) is 7.41. The van der Waals surface area contributed by atoms with Crippen LogP contribution >= 0.6 is 0 Å². The number of fused-ring (bicyclic) bond motifs is 1. The number of benzene rings is 2. The van der Waals surface area contributed by atoms with Crippen molar-refractivity contribution in [2.24, 2.45) is 0 Å². The fourth-order valence-electron chi connectivity index (χ4n) is 3.71. The number of anilines is 1. The van der Waals surface area contributed by atoms with Gasteiger partial charge in [0.15, 0.2) is 0 Å². The van der Waals surface area contributed by atoms with Crippen molar-refractivity contribution in [1.29, 1.82) is 5.26 Å². The third kappa shape index (κ3) is 4.43. The normalized spacial score (nSPS) is 16.7. The van der Waals surface area contributed by atoms with Crippen LogP contribution in [0.4, 0.5) is 5.69 Å². The molecular weight excluding hydrogens is 362 g/mol. The summed E-state index contributed by atoms with van der Waals surface area (Å²) in [7, 11) is 0. The molecule has 0 radical (unpaired) electrons. The van der Waals surface area contributed by atoms with Crippen molar-refractivity contribution in [2.75, 3.05) is 11.5 Å². The van der Waals surface area contributed by atoms with E-state index in [1.165, 1.54) is 5.56 Å². The minimum absolute atomic E-state index is 0.0889. The van der Waals surface area contributed by atoms with Crippen LogP contribution in [0, 0.1) is 18.3 Å². The highest BCUT2D eigenvalue weighted by atomic mass is 16.5. The lowest BCUT2D eigenvalue weighted by atomic mass is 10.0. The molecule has 0 saturated carbocycles. The Balaban J connectivity index is 1.82. The summed E-state index contributed by atoms with van der Waals surface area (Å²) >= 11 is 0. The standard InChI is InChI=1S/C24H27N3O2/c1-5-29-23-11-10-16(2)12-21(23)18(4)26-24(28)20(14-25)15-27-17(3)13-19-8-6-7-9-22(19)27/h6-12,15,17-18H,5,13H2,1-4H3,(H,26,28)/b20-15-. The Morgan fingerprint density at radius 1 is 1.38 bits per heavy atom. The topological polar surface area (TPSA) is 65.4 Å². The Bertz CT molecular complexity index is 974. The summed E-state index contributed by atoms with van der Waals surface area (Å²) in [5.41, 5.74) is 4.35. The fraction of sp³-hybridized carbons (Fsp3) is 0.333. The molecule has 5 heteroatoms. The predicted molar refractivity (Wildman–Crippen MR) is 115 cm³/mol. The molecule has 1 aliphatic rings. The SMILES string of the molecule is CCOc1ccc(C)cc1C(C)NC(=O)/C(C#N)=C\N1c2ccccc2CC1C. The van der Waals surface area contributed by atoms with Crippen LogP contribution in [0.15, 0.2) is 54.2 Å². The number of nitrogens with one attached hydrogen (secondary N) is 1. The highest BCUT2D eigenvalue weighted by molar-refractivity contribution is 5.98. The van der Waals surface area contributed by atoms with E-state index in [1.54, 1.807) is 6.20 Å². The van der Waals surface area contributed by atoms with Crippen LogP contribution < -0.4 is 15.0 Å². The van der Waals surface area contributed by atoms with E-state index < -0.39 is 0 Å². The monoisotopic (exact) mass is 389 g/mol. The number of ether oxygens (including phenoxy) is 1. The van der Waals surface area contributed by atoms with Gasteiger partial charge in [0.1, 0.15) is 17.4 Å². The number of nitrogens with zero attached hydrogens (tertiary/aromatic N) is 2. The van der Waals surface area contributed by atoms with Crippen LogP contribution in [0.3, 0.4) is 0 Å². The van der Waals surface area contributed by atoms with Gasteiger partial charge in [-0.2, -0.15) is 5.26 Å². The summed E-state index contributed by atoms with van der Waals surface area (Å²) in [5.74, 6) is 0.357. The van der Waals surface area contributed by atoms with E-state index in [4.69, 9.17) is 4.74 Å². The van der Waals surface area contributed by atoms with Gasteiger partial charge in [0.05, 0.1) is 12.6 Å². The third-order valence-electron chi connectivity index (χ3n) is 5.17. The summed E-state index contributed by atoms with van der Waals surface area (Å²) < 4.78 is 5.70. The molecule has 29 heavy (non-hydrogen) atoms. The van der Waals surface area contributed by atoms with Gasteiger partial charge in [-0.3, -0.25) is 4.79 Å². The van der Waals surface area contributed by atoms with Crippen molar-refractivity contribution in [1.82, 2.24) is 5.32 Å². The molecule has 1 amide bonds. The predicted octanol–water partition coefficient (Wildman–Crippen LogP) is 4.43. The van der Waals surface area contributed by atoms with Gasteiger partial charge in [-0.25, -0.2) is 0 Å². The smallest absolute Gasteiger partial charge is 0.263 e. The van der Waals surface area contributed by atoms with E-state index in [0.717, 1.165) is 29.0 Å². The van der Waals surface area contributed by atoms with E-state index in [-0.39, 0.29) is 23.6 Å². The first-order valence-corrected chi connectivity index (χ1v) is 9.97. The number of amides is 1. The lowest BCUT2D eigenvalue weighted by Crippen LogP contribution is -2.30. The fourth-order valence-corrected chi connectivity index (χ4v) is 3.71. The Kier molecular flexibility index (Phi) is 6.23. The molecule has 2 aromatic rings. The molecule has 1 heterocycles. The number of carbonyl (C=O) groups is 1. The Morgan fingerprint density at radius 2 is 2.14 bits per heavy atom. The zero-order chi connectivity index (χ0) is 21.0. The minimum Gasteiger partial charge on any atom is -0.494 e. The molecule has 5 nitrogen and oxygen atoms in total. The summed E-state index contributed by atoms with van der Waals surface area (Å²) in [4.78, 5) is 14.9. The molecule has 0 aliphatic carbocycles. The number of aryl methyl sites for hydroxylation is 1. The van der Waals surface area contributed by atoms with Crippen molar-refractivity contribution in [3.63, 3.8) is 0 Å². The summed E-state index contributed by atoms with van der Waals surface area (Å²) in [5, 5.41) is 12.6. The van der Waals surface area contributed by atoms with Crippen LogP contribution in [0.5, 0.6) is 5.75 Å². The first-order valence-electron chi connectivity index (χ1n) is 9.97. The maximum Gasteiger partial charge on any atom is 0.263 e. The van der Waals surface area contributed by atoms with E-state index in [2.05, 4.69) is 24.4 Å². The molecule has 0 aromatic heterocycles. The van der Waals surface area contributed by atoms with Crippen molar-refractivity contribution in [2.45, 2.75) is 46.2 Å². The van der Waals surface area contributed by atoms with Gasteiger partial charge in [-0.1, -0.05) is 35.9 Å². The maximum absolute atomic E-state index is 12.8. The molecule has 3 rings (SSSR count). The van der Waals surface area contributed by atoms with E-state index >= 15 is 0 Å². The van der Waals surface area contributed by atoms with Crippen LogP contribution in [0.1, 0.15) is 43.5 Å². The first kappa shape index (κ1) is 20.5. The Morgan fingerprint density at radius 3 is 2.86 bits per heavy atom. The van der Waals surface area contributed by atoms with Gasteiger partial charge in [0.25, 0.3) is 5.91 Å². The molecular formula is C24H27N3O2. The number of para-hydroxylation sites is 1. The lowest BCUT2D eigenvalue weighted by Gasteiger charge is -2.22. The molecule has 1 aliphatic heterocycles. The molecule has 1 N–H and O–H groups in total. The summed E-state index contributed by atoms with van der Waals surface area (Å²) in [6, 6.07) is 16.0. The number of rotatable bonds is 6. The zero-order valence-electron chi connectivity index (χ0n) is 17.4. The molecule has 0 bridgehead atoms. The van der Waals surface area contributed by atoms with E-state index in [9.17, 15) is 10.1 Å². The number of hydrogen-bond acceptors (Lipinski definition) is 4. The number of hydrogen-bond donors (Lipinski definition) is 1. The summed E-state index contributed by atoms with van der Waals surface area (Å²) in [6.07, 6.45) is 2.56. The van der Waals surface area contributed by atoms with Gasteiger partial charge in [-0.05, 0) is 51.8 Å². The second-order valence-electron chi connectivity index (χ2n) is 7.41. The lowest BCUT2D eigenvalue weighted by molar-refractivity contribution is -0.117. The van der Waals surface area contributed by atoms with Gasteiger partial charge in [0, 0.05) is 23.5 Å². The molecule has 2 unspecified atom stereocenters. The van der Waals surface area contributed by atoms with E-state index in [0.29, 0.717) is 6.61 Å². The molecule has 0 fully saturated rings. The third-order valence-corrected chi connectivity index (χ3v) is 5.17. The van der Waals surface area contributed by atoms with Crippen LogP contribution in [-0.2, 0) is 11.2 Å². The van der Waals surface area contributed by atoms with Gasteiger partial charge < -0.3 is 15.0 Å². The Labute approximate surface area is 172 Å². The van der Waals surface area contributed by atoms with Gasteiger partial charge in [0.2, 0.25) is 0 Å². The highest BCUT2D eigenvalue weighted by Gasteiger charge is 2.26. The first-order chi connectivity index (χ1) is 13.9. The summed E-state index contributed by atoms with van der Waals surface area (Å²) in [6.45, 7) is 8.47. The average Bonchev–Trinajstić information content (AvgIpc) is 3.02. The Hall–Kier alpha value is -3.26. The maximum atomic E-state index is 12.8. The van der Waals surface area contributed by atoms with Crippen molar-refractivity contribution < 1.29 is 9.53 Å². The highest BCUT2D eigenvalue weighted by Crippen LogP contribution is 2.32.